The van der Waals surface area contributed by atoms with E-state index in [0.717, 1.165) is 19.4 Å². The number of rotatable bonds is 4. The zero-order chi connectivity index (χ0) is 14.5. The van der Waals surface area contributed by atoms with Gasteiger partial charge in [-0.05, 0) is 38.6 Å². The van der Waals surface area contributed by atoms with Crippen molar-refractivity contribution in [3.63, 3.8) is 0 Å². The molecule has 1 aliphatic carbocycles. The maximum absolute atomic E-state index is 12.7. The lowest BCUT2D eigenvalue weighted by atomic mass is 9.58. The van der Waals surface area contributed by atoms with E-state index in [1.807, 2.05) is 13.0 Å². The Kier molecular flexibility index (Phi) is 3.03. The molecule has 2 aliphatic heterocycles. The third-order valence-corrected chi connectivity index (χ3v) is 5.49. The third-order valence-electron chi connectivity index (χ3n) is 5.49. The van der Waals surface area contributed by atoms with Crippen molar-refractivity contribution in [2.45, 2.75) is 43.3 Å². The number of carbonyl (C=O) groups is 2. The summed E-state index contributed by atoms with van der Waals surface area (Å²) in [7, 11) is 1.40. The monoisotopic (exact) mass is 278 g/mol. The van der Waals surface area contributed by atoms with Crippen molar-refractivity contribution < 1.29 is 14.3 Å². The second-order valence-corrected chi connectivity index (χ2v) is 6.29. The number of ketones is 1. The summed E-state index contributed by atoms with van der Waals surface area (Å²) in [4.78, 5) is 24.7. The Balaban J connectivity index is 1.83. The molecule has 0 aromatic carbocycles. The summed E-state index contributed by atoms with van der Waals surface area (Å²) in [5, 5.41) is 6.59. The molecule has 2 heterocycles. The molecule has 5 heteroatoms. The van der Waals surface area contributed by atoms with Crippen LogP contribution in [0.3, 0.4) is 0 Å². The third kappa shape index (κ3) is 1.50. The fraction of sp³-hybridized carbons (Fsp3) is 0.733. The van der Waals surface area contributed by atoms with E-state index in [0.29, 0.717) is 6.42 Å². The lowest BCUT2D eigenvalue weighted by Gasteiger charge is -2.43. The number of methoxy groups -OCH3 is 1. The van der Waals surface area contributed by atoms with Gasteiger partial charge in [0.25, 0.3) is 0 Å². The smallest absolute Gasteiger partial charge is 0.310 e. The van der Waals surface area contributed by atoms with Crippen LogP contribution < -0.4 is 10.6 Å². The topological polar surface area (TPSA) is 77.3 Å². The highest BCUT2D eigenvalue weighted by atomic mass is 16.5. The predicted octanol–water partition coefficient (Wildman–Crippen LogP) is 0.403. The van der Waals surface area contributed by atoms with Gasteiger partial charge < -0.3 is 10.1 Å². The van der Waals surface area contributed by atoms with Gasteiger partial charge in [0, 0.05) is 0 Å². The van der Waals surface area contributed by atoms with Crippen molar-refractivity contribution in [1.82, 2.24) is 10.6 Å². The molecule has 0 amide bonds. The second-order valence-electron chi connectivity index (χ2n) is 6.29. The molecule has 0 aromatic rings. The zero-order valence-corrected chi connectivity index (χ0v) is 12.1. The minimum absolute atomic E-state index is 0.0868. The van der Waals surface area contributed by atoms with Crippen molar-refractivity contribution in [2.24, 2.45) is 11.8 Å². The molecule has 0 aromatic heterocycles. The predicted molar refractivity (Wildman–Crippen MR) is 74.1 cm³/mol. The van der Waals surface area contributed by atoms with Crippen LogP contribution in [0.5, 0.6) is 0 Å². The maximum atomic E-state index is 12.7. The molecule has 20 heavy (non-hydrogen) atoms. The van der Waals surface area contributed by atoms with E-state index >= 15 is 0 Å². The Morgan fingerprint density at radius 2 is 2.20 bits per heavy atom. The van der Waals surface area contributed by atoms with Crippen molar-refractivity contribution in [1.29, 1.82) is 0 Å². The lowest BCUT2D eigenvalue weighted by Crippen LogP contribution is -2.57. The van der Waals surface area contributed by atoms with E-state index in [2.05, 4.69) is 17.2 Å². The van der Waals surface area contributed by atoms with E-state index < -0.39 is 11.1 Å². The number of nitrogens with one attached hydrogen (secondary N) is 2. The molecule has 0 bridgehead atoms. The first-order chi connectivity index (χ1) is 9.51. The molecule has 1 spiro atoms. The quantitative estimate of drug-likeness (QED) is 0.442. The summed E-state index contributed by atoms with van der Waals surface area (Å²) in [6.07, 6.45) is 4.48. The minimum Gasteiger partial charge on any atom is -0.469 e. The highest BCUT2D eigenvalue weighted by molar-refractivity contribution is 6.00. The number of hydrogen-bond donors (Lipinski definition) is 2. The van der Waals surface area contributed by atoms with Gasteiger partial charge in [-0.15, -0.1) is 6.58 Å². The summed E-state index contributed by atoms with van der Waals surface area (Å²) < 4.78 is 4.88. The Bertz CT molecular complexity index is 472. The van der Waals surface area contributed by atoms with Crippen LogP contribution in [0.25, 0.3) is 0 Å². The summed E-state index contributed by atoms with van der Waals surface area (Å²) >= 11 is 0. The Morgan fingerprint density at radius 3 is 2.75 bits per heavy atom. The van der Waals surface area contributed by atoms with Gasteiger partial charge in [-0.25, -0.2) is 0 Å². The lowest BCUT2D eigenvalue weighted by molar-refractivity contribution is -0.152. The summed E-state index contributed by atoms with van der Waals surface area (Å²) in [5.41, 5.74) is -1.10. The van der Waals surface area contributed by atoms with Gasteiger partial charge >= 0.3 is 5.97 Å². The van der Waals surface area contributed by atoms with Gasteiger partial charge in [0.15, 0.2) is 5.78 Å². The van der Waals surface area contributed by atoms with Gasteiger partial charge in [-0.1, -0.05) is 6.08 Å². The van der Waals surface area contributed by atoms with Gasteiger partial charge in [-0.2, -0.15) is 0 Å². The Hall–Kier alpha value is -1.20. The molecule has 110 valence electrons. The first kappa shape index (κ1) is 13.8. The van der Waals surface area contributed by atoms with Crippen LogP contribution >= 0.6 is 0 Å². The fourth-order valence-electron chi connectivity index (χ4n) is 4.23. The van der Waals surface area contributed by atoms with Crippen LogP contribution in [0.4, 0.5) is 0 Å². The number of esters is 1. The van der Waals surface area contributed by atoms with Crippen molar-refractivity contribution >= 4 is 11.8 Å². The first-order valence-corrected chi connectivity index (χ1v) is 7.28. The molecule has 5 nitrogen and oxygen atoms in total. The first-order valence-electron chi connectivity index (χ1n) is 7.28. The van der Waals surface area contributed by atoms with Crippen molar-refractivity contribution in [3.05, 3.63) is 12.7 Å². The largest absolute Gasteiger partial charge is 0.469 e. The molecular formula is C15H22N2O3. The average molecular weight is 278 g/mol. The Morgan fingerprint density at radius 1 is 1.45 bits per heavy atom. The van der Waals surface area contributed by atoms with Crippen LogP contribution in [0.2, 0.25) is 0 Å². The SMILES string of the molecule is C=C[C@@H]1C[C@H](C(=O)OC)[C@]12NC2(C)C(=O)[C@@H]1CCCN1. The molecule has 0 radical (unpaired) electrons. The van der Waals surface area contributed by atoms with E-state index in [1.54, 1.807) is 0 Å². The molecule has 3 fully saturated rings. The molecule has 3 aliphatic rings. The van der Waals surface area contributed by atoms with Crippen LogP contribution in [0.1, 0.15) is 26.2 Å². The van der Waals surface area contributed by atoms with Gasteiger partial charge in [0.2, 0.25) is 0 Å². The van der Waals surface area contributed by atoms with Gasteiger partial charge in [-0.3, -0.25) is 14.9 Å². The molecule has 2 saturated heterocycles. The normalized spacial score (nSPS) is 45.8. The van der Waals surface area contributed by atoms with Gasteiger partial charge in [0.1, 0.15) is 0 Å². The number of carbonyl (C=O) groups excluding carboxylic acids is 2. The van der Waals surface area contributed by atoms with E-state index in [9.17, 15) is 9.59 Å². The minimum atomic E-state index is -0.634. The molecule has 1 saturated carbocycles. The fourth-order valence-corrected chi connectivity index (χ4v) is 4.23. The molecule has 1 unspecified atom stereocenters. The van der Waals surface area contributed by atoms with Crippen LogP contribution in [-0.2, 0) is 14.3 Å². The molecule has 2 N–H and O–H groups in total. The van der Waals surface area contributed by atoms with E-state index in [4.69, 9.17) is 4.74 Å². The summed E-state index contributed by atoms with van der Waals surface area (Å²) in [6, 6.07) is -0.0868. The second kappa shape index (κ2) is 4.40. The van der Waals surface area contributed by atoms with Crippen LogP contribution in [0.15, 0.2) is 12.7 Å². The summed E-state index contributed by atoms with van der Waals surface area (Å²) in [5.74, 6) is -0.144. The van der Waals surface area contributed by atoms with Crippen LogP contribution in [-0.4, -0.2) is 42.5 Å². The maximum Gasteiger partial charge on any atom is 0.310 e. The molecule has 3 rings (SSSR count). The standard InChI is InChI=1S/C15H22N2O3/c1-4-9-8-10(13(19)20-3)15(9)14(2,17-15)12(18)11-6-5-7-16-11/h4,9-11,16-17H,1,5-8H2,2-3H3/t9-,10-,11+,14?,15-/m1/s1. The van der Waals surface area contributed by atoms with Crippen molar-refractivity contribution in [2.75, 3.05) is 13.7 Å². The average Bonchev–Trinajstić information content (AvgIpc) is 2.86. The number of hydrogen-bond acceptors (Lipinski definition) is 5. The van der Waals surface area contributed by atoms with E-state index in [1.165, 1.54) is 7.11 Å². The highest BCUT2D eigenvalue weighted by Crippen LogP contribution is 2.61. The van der Waals surface area contributed by atoms with Gasteiger partial charge in [0.05, 0.1) is 30.1 Å². The molecule has 5 atom stereocenters. The van der Waals surface area contributed by atoms with E-state index in [-0.39, 0.29) is 29.6 Å². The number of ether oxygens (including phenoxy) is 1. The summed E-state index contributed by atoms with van der Waals surface area (Å²) in [6.45, 7) is 6.65. The number of Topliss-reactive ketones (excluding diaryl/α,β-unsaturated/α-hetero) is 1. The Labute approximate surface area is 119 Å². The van der Waals surface area contributed by atoms with Crippen molar-refractivity contribution in [3.8, 4) is 0 Å². The zero-order valence-electron chi connectivity index (χ0n) is 12.1. The highest BCUT2D eigenvalue weighted by Gasteiger charge is 2.80. The molecular weight excluding hydrogens is 256 g/mol. The van der Waals surface area contributed by atoms with Crippen LogP contribution in [0, 0.1) is 11.8 Å².